The molecule has 0 aliphatic heterocycles. The molecule has 0 bridgehead atoms. The maximum absolute atomic E-state index is 10.9. The van der Waals surface area contributed by atoms with Crippen molar-refractivity contribution in [2.45, 2.75) is 13.5 Å². The number of hydrogen-bond donors (Lipinski definition) is 2. The lowest BCUT2D eigenvalue weighted by molar-refractivity contribution is 0.112. The van der Waals surface area contributed by atoms with Gasteiger partial charge in [0.25, 0.3) is 0 Å². The van der Waals surface area contributed by atoms with Gasteiger partial charge in [-0.3, -0.25) is 4.79 Å². The first-order chi connectivity index (χ1) is 13.1. The Morgan fingerprint density at radius 2 is 2.07 bits per heavy atom. The van der Waals surface area contributed by atoms with E-state index in [4.69, 9.17) is 11.6 Å². The van der Waals surface area contributed by atoms with Gasteiger partial charge in [0.1, 0.15) is 5.82 Å². The number of aldehydes is 1. The van der Waals surface area contributed by atoms with Gasteiger partial charge in [0.2, 0.25) is 0 Å². The molecule has 0 aliphatic carbocycles. The Hall–Kier alpha value is -3.05. The molecule has 0 saturated heterocycles. The van der Waals surface area contributed by atoms with Crippen LogP contribution in [-0.4, -0.2) is 22.9 Å². The quantitative estimate of drug-likeness (QED) is 0.561. The number of nitrogens with one attached hydrogen (secondary N) is 2. The molecule has 0 radical (unpaired) electrons. The van der Waals surface area contributed by atoms with Crippen molar-refractivity contribution in [2.24, 2.45) is 0 Å². The number of carbonyl (C=O) groups is 1. The highest BCUT2D eigenvalue weighted by atomic mass is 35.5. The number of benzene rings is 2. The summed E-state index contributed by atoms with van der Waals surface area (Å²) in [4.78, 5) is 15.4. The molecule has 3 rings (SSSR count). The first kappa shape index (κ1) is 18.7. The van der Waals surface area contributed by atoms with E-state index in [0.717, 1.165) is 40.3 Å². The summed E-state index contributed by atoms with van der Waals surface area (Å²) >= 11 is 6.08. The molecule has 2 aromatic carbocycles. The standard InChI is InChI=1S/C21H21ClN4O/c1-4-26-20(15-6-8-19(23-3)14(2)9-15)11-25-21(26)12-24-17-7-5-16(13-27)18(22)10-17/h4-11,13,23-24H,1,12H2,2-3H3. The maximum Gasteiger partial charge on any atom is 0.151 e. The minimum atomic E-state index is 0.419. The van der Waals surface area contributed by atoms with Crippen molar-refractivity contribution in [1.29, 1.82) is 0 Å². The first-order valence-corrected chi connectivity index (χ1v) is 8.91. The number of rotatable bonds is 7. The van der Waals surface area contributed by atoms with E-state index >= 15 is 0 Å². The predicted octanol–water partition coefficient (Wildman–Crippen LogP) is 5.08. The van der Waals surface area contributed by atoms with Crippen molar-refractivity contribution in [1.82, 2.24) is 9.55 Å². The molecule has 1 aromatic heterocycles. The highest BCUT2D eigenvalue weighted by Gasteiger charge is 2.11. The summed E-state index contributed by atoms with van der Waals surface area (Å²) in [6.45, 7) is 6.49. The third-order valence-electron chi connectivity index (χ3n) is 4.43. The van der Waals surface area contributed by atoms with Gasteiger partial charge in [-0.25, -0.2) is 4.98 Å². The molecule has 0 atom stereocenters. The molecule has 6 heteroatoms. The van der Waals surface area contributed by atoms with Gasteiger partial charge in [0, 0.05) is 35.7 Å². The Balaban J connectivity index is 1.84. The first-order valence-electron chi connectivity index (χ1n) is 8.53. The number of hydrogen-bond acceptors (Lipinski definition) is 4. The number of aryl methyl sites for hydroxylation is 1. The van der Waals surface area contributed by atoms with Crippen LogP contribution in [-0.2, 0) is 6.54 Å². The Bertz CT molecular complexity index is 994. The number of anilines is 2. The Kier molecular flexibility index (Phi) is 5.62. The van der Waals surface area contributed by atoms with Gasteiger partial charge < -0.3 is 15.2 Å². The van der Waals surface area contributed by atoms with Crippen molar-refractivity contribution >= 4 is 35.5 Å². The van der Waals surface area contributed by atoms with Crippen LogP contribution in [0.3, 0.4) is 0 Å². The average molecular weight is 381 g/mol. The van der Waals surface area contributed by atoms with Gasteiger partial charge in [-0.05, 0) is 42.8 Å². The average Bonchev–Trinajstić information content (AvgIpc) is 3.09. The summed E-state index contributed by atoms with van der Waals surface area (Å²) in [5, 5.41) is 6.87. The SMILES string of the molecule is C=Cn1c(-c2ccc(NC)c(C)c2)cnc1CNc1ccc(C=O)c(Cl)c1. The van der Waals surface area contributed by atoms with E-state index in [-0.39, 0.29) is 0 Å². The molecule has 0 spiro atoms. The lowest BCUT2D eigenvalue weighted by atomic mass is 10.1. The molecular formula is C21H21ClN4O. The second-order valence-corrected chi connectivity index (χ2v) is 6.51. The van der Waals surface area contributed by atoms with Crippen LogP contribution in [0.1, 0.15) is 21.7 Å². The lowest BCUT2D eigenvalue weighted by Crippen LogP contribution is -2.06. The van der Waals surface area contributed by atoms with E-state index in [1.165, 1.54) is 0 Å². The molecule has 2 N–H and O–H groups in total. The van der Waals surface area contributed by atoms with Gasteiger partial charge in [0.15, 0.2) is 6.29 Å². The zero-order valence-electron chi connectivity index (χ0n) is 15.3. The normalized spacial score (nSPS) is 10.5. The van der Waals surface area contributed by atoms with Crippen molar-refractivity contribution in [3.05, 3.63) is 71.1 Å². The monoisotopic (exact) mass is 380 g/mol. The molecule has 0 saturated carbocycles. The summed E-state index contributed by atoms with van der Waals surface area (Å²) in [7, 11) is 1.91. The molecule has 3 aromatic rings. The van der Waals surface area contributed by atoms with E-state index in [2.05, 4.69) is 47.3 Å². The van der Waals surface area contributed by atoms with Crippen LogP contribution in [0.25, 0.3) is 17.5 Å². The Morgan fingerprint density at radius 1 is 1.26 bits per heavy atom. The highest BCUT2D eigenvalue weighted by Crippen LogP contribution is 2.26. The Morgan fingerprint density at radius 3 is 2.70 bits per heavy atom. The molecule has 0 aliphatic rings. The number of nitrogens with zero attached hydrogens (tertiary/aromatic N) is 2. The molecule has 1 heterocycles. The summed E-state index contributed by atoms with van der Waals surface area (Å²) in [6, 6.07) is 11.5. The third-order valence-corrected chi connectivity index (χ3v) is 4.75. The van der Waals surface area contributed by atoms with Crippen LogP contribution in [0.2, 0.25) is 5.02 Å². The molecule has 138 valence electrons. The minimum absolute atomic E-state index is 0.419. The molecule has 0 fully saturated rings. The number of aromatic nitrogens is 2. The van der Waals surface area contributed by atoms with Crippen LogP contribution in [0.15, 0.2) is 49.2 Å². The van der Waals surface area contributed by atoms with Crippen molar-refractivity contribution < 1.29 is 4.79 Å². The van der Waals surface area contributed by atoms with Crippen LogP contribution in [0.4, 0.5) is 11.4 Å². The molecule has 0 unspecified atom stereocenters. The molecule has 5 nitrogen and oxygen atoms in total. The minimum Gasteiger partial charge on any atom is -0.388 e. The molecular weight excluding hydrogens is 360 g/mol. The predicted molar refractivity (Wildman–Crippen MR) is 112 cm³/mol. The van der Waals surface area contributed by atoms with Crippen LogP contribution in [0.5, 0.6) is 0 Å². The van der Waals surface area contributed by atoms with E-state index < -0.39 is 0 Å². The summed E-state index contributed by atoms with van der Waals surface area (Å²) in [5.74, 6) is 0.825. The number of imidazole rings is 1. The molecule has 27 heavy (non-hydrogen) atoms. The smallest absolute Gasteiger partial charge is 0.151 e. The van der Waals surface area contributed by atoms with E-state index in [9.17, 15) is 4.79 Å². The zero-order chi connectivity index (χ0) is 19.4. The lowest BCUT2D eigenvalue weighted by Gasteiger charge is -2.11. The second kappa shape index (κ2) is 8.10. The van der Waals surface area contributed by atoms with Crippen LogP contribution in [0, 0.1) is 6.92 Å². The summed E-state index contributed by atoms with van der Waals surface area (Å²) < 4.78 is 1.96. The highest BCUT2D eigenvalue weighted by molar-refractivity contribution is 6.33. The van der Waals surface area contributed by atoms with Crippen LogP contribution >= 0.6 is 11.6 Å². The van der Waals surface area contributed by atoms with E-state index in [1.54, 1.807) is 18.3 Å². The van der Waals surface area contributed by atoms with Crippen molar-refractivity contribution in [3.8, 4) is 11.3 Å². The fourth-order valence-electron chi connectivity index (χ4n) is 2.96. The number of halogens is 1. The fourth-order valence-corrected chi connectivity index (χ4v) is 3.19. The topological polar surface area (TPSA) is 59.0 Å². The maximum atomic E-state index is 10.9. The Labute approximate surface area is 163 Å². The van der Waals surface area contributed by atoms with Crippen LogP contribution < -0.4 is 10.6 Å². The zero-order valence-corrected chi connectivity index (χ0v) is 16.0. The van der Waals surface area contributed by atoms with Gasteiger partial charge in [-0.1, -0.05) is 24.2 Å². The van der Waals surface area contributed by atoms with Gasteiger partial charge in [0.05, 0.1) is 23.5 Å². The summed E-state index contributed by atoms with van der Waals surface area (Å²) in [6.07, 6.45) is 4.34. The van der Waals surface area contributed by atoms with Crippen molar-refractivity contribution in [3.63, 3.8) is 0 Å². The summed E-state index contributed by atoms with van der Waals surface area (Å²) in [5.41, 5.74) is 5.60. The van der Waals surface area contributed by atoms with E-state index in [1.807, 2.05) is 23.9 Å². The fraction of sp³-hybridized carbons (Fsp3) is 0.143. The third kappa shape index (κ3) is 3.88. The largest absolute Gasteiger partial charge is 0.388 e. The number of carbonyl (C=O) groups excluding carboxylic acids is 1. The van der Waals surface area contributed by atoms with E-state index in [0.29, 0.717) is 17.1 Å². The van der Waals surface area contributed by atoms with Gasteiger partial charge in [-0.2, -0.15) is 0 Å². The molecule has 0 amide bonds. The van der Waals surface area contributed by atoms with Gasteiger partial charge >= 0.3 is 0 Å². The van der Waals surface area contributed by atoms with Crippen molar-refractivity contribution in [2.75, 3.05) is 17.7 Å². The second-order valence-electron chi connectivity index (χ2n) is 6.10. The van der Waals surface area contributed by atoms with Gasteiger partial charge in [-0.15, -0.1) is 0 Å².